The van der Waals surface area contributed by atoms with Crippen LogP contribution < -0.4 is 15.1 Å². The van der Waals surface area contributed by atoms with Gasteiger partial charge in [-0.25, -0.2) is 0 Å². The number of carbonyl (C=O) groups excluding carboxylic acids is 3. The maximum Gasteiger partial charge on any atom is 0.256 e. The molecule has 2 heterocycles. The van der Waals surface area contributed by atoms with Gasteiger partial charge in [0, 0.05) is 35.9 Å². The topological polar surface area (TPSA) is 73.0 Å². The third kappa shape index (κ3) is 5.35. The number of hydrogen-bond acceptors (Lipinski definition) is 4. The molecule has 1 atom stereocenters. The average molecular weight is 533 g/mol. The Hall–Kier alpha value is -3.75. The van der Waals surface area contributed by atoms with E-state index in [4.69, 9.17) is 23.8 Å². The van der Waals surface area contributed by atoms with Crippen LogP contribution in [0.15, 0.2) is 78.9 Å². The van der Waals surface area contributed by atoms with E-state index in [0.717, 1.165) is 24.2 Å². The fourth-order valence-electron chi connectivity index (χ4n) is 4.65. The molecule has 2 fully saturated rings. The Bertz CT molecular complexity index is 1330. The second kappa shape index (κ2) is 10.7. The SMILES string of the molecule is O=C(C[C@@H]1C(=O)N(c2ccccc2)C(=S)N1Cc1ccc(N2CCCC2=O)cc1)Nc1ccc(Cl)cc1. The Kier molecular flexibility index (Phi) is 7.21. The van der Waals surface area contributed by atoms with Gasteiger partial charge in [-0.2, -0.15) is 0 Å². The summed E-state index contributed by atoms with van der Waals surface area (Å²) in [5.74, 6) is -0.419. The summed E-state index contributed by atoms with van der Waals surface area (Å²) in [6.07, 6.45) is 1.37. The van der Waals surface area contributed by atoms with Gasteiger partial charge in [-0.15, -0.1) is 0 Å². The quantitative estimate of drug-likeness (QED) is 0.434. The van der Waals surface area contributed by atoms with E-state index in [1.165, 1.54) is 4.90 Å². The van der Waals surface area contributed by atoms with Gasteiger partial charge in [-0.1, -0.05) is 41.9 Å². The summed E-state index contributed by atoms with van der Waals surface area (Å²) in [5, 5.41) is 3.75. The van der Waals surface area contributed by atoms with Gasteiger partial charge in [-0.3, -0.25) is 19.3 Å². The summed E-state index contributed by atoms with van der Waals surface area (Å²) in [7, 11) is 0. The fraction of sp³-hybridized carbons (Fsp3) is 0.214. The van der Waals surface area contributed by atoms with Crippen LogP contribution in [-0.2, 0) is 20.9 Å². The van der Waals surface area contributed by atoms with E-state index in [1.54, 1.807) is 34.1 Å². The highest BCUT2D eigenvalue weighted by Gasteiger charge is 2.44. The van der Waals surface area contributed by atoms with Crippen LogP contribution in [0.3, 0.4) is 0 Å². The molecular weight excluding hydrogens is 508 g/mol. The zero-order valence-electron chi connectivity index (χ0n) is 20.0. The highest BCUT2D eigenvalue weighted by molar-refractivity contribution is 7.80. The molecule has 3 aromatic rings. The lowest BCUT2D eigenvalue weighted by Crippen LogP contribution is -2.37. The van der Waals surface area contributed by atoms with Crippen molar-refractivity contribution >= 4 is 63.7 Å². The third-order valence-electron chi connectivity index (χ3n) is 6.51. The highest BCUT2D eigenvalue weighted by atomic mass is 35.5. The Morgan fingerprint density at radius 2 is 1.65 bits per heavy atom. The van der Waals surface area contributed by atoms with E-state index in [-0.39, 0.29) is 24.1 Å². The third-order valence-corrected chi connectivity index (χ3v) is 7.18. The predicted molar refractivity (Wildman–Crippen MR) is 149 cm³/mol. The Labute approximate surface area is 225 Å². The zero-order chi connectivity index (χ0) is 25.9. The van der Waals surface area contributed by atoms with Gasteiger partial charge in [0.15, 0.2) is 5.11 Å². The minimum Gasteiger partial charge on any atom is -0.332 e. The van der Waals surface area contributed by atoms with Crippen LogP contribution in [0.2, 0.25) is 5.02 Å². The Morgan fingerprint density at radius 3 is 2.30 bits per heavy atom. The molecule has 1 N–H and O–H groups in total. The molecule has 0 spiro atoms. The first-order valence-electron chi connectivity index (χ1n) is 12.0. The molecule has 0 saturated carbocycles. The van der Waals surface area contributed by atoms with Gasteiger partial charge in [0.1, 0.15) is 6.04 Å². The van der Waals surface area contributed by atoms with Gasteiger partial charge in [-0.05, 0) is 72.7 Å². The van der Waals surface area contributed by atoms with Crippen LogP contribution in [0.25, 0.3) is 0 Å². The minimum atomic E-state index is -0.764. The Balaban J connectivity index is 1.37. The smallest absolute Gasteiger partial charge is 0.256 e. The van der Waals surface area contributed by atoms with Crippen molar-refractivity contribution in [1.82, 2.24) is 4.90 Å². The van der Waals surface area contributed by atoms with E-state index in [1.807, 2.05) is 54.6 Å². The molecule has 0 aromatic heterocycles. The number of thiocarbonyl (C=S) groups is 1. The molecule has 5 rings (SSSR count). The summed E-state index contributed by atoms with van der Waals surface area (Å²) >= 11 is 11.7. The van der Waals surface area contributed by atoms with Crippen molar-refractivity contribution in [2.45, 2.75) is 31.8 Å². The summed E-state index contributed by atoms with van der Waals surface area (Å²) in [6, 6.07) is 22.9. The summed E-state index contributed by atoms with van der Waals surface area (Å²) < 4.78 is 0. The van der Waals surface area contributed by atoms with Gasteiger partial charge < -0.3 is 15.1 Å². The molecule has 0 bridgehead atoms. The van der Waals surface area contributed by atoms with Gasteiger partial charge >= 0.3 is 0 Å². The first-order chi connectivity index (χ1) is 17.9. The number of nitrogens with one attached hydrogen (secondary N) is 1. The molecule has 2 saturated heterocycles. The molecule has 2 aliphatic rings. The molecule has 188 valence electrons. The molecule has 0 unspecified atom stereocenters. The molecule has 3 amide bonds. The Morgan fingerprint density at radius 1 is 0.946 bits per heavy atom. The van der Waals surface area contributed by atoms with E-state index >= 15 is 0 Å². The number of halogens is 1. The van der Waals surface area contributed by atoms with Crippen molar-refractivity contribution in [2.75, 3.05) is 21.7 Å². The summed E-state index contributed by atoms with van der Waals surface area (Å²) in [4.78, 5) is 43.7. The number of anilines is 3. The maximum absolute atomic E-state index is 13.6. The fourth-order valence-corrected chi connectivity index (χ4v) is 5.16. The lowest BCUT2D eigenvalue weighted by Gasteiger charge is -2.24. The second-order valence-electron chi connectivity index (χ2n) is 9.01. The summed E-state index contributed by atoms with van der Waals surface area (Å²) in [6.45, 7) is 1.07. The number of amides is 3. The van der Waals surface area contributed by atoms with Crippen LogP contribution >= 0.6 is 23.8 Å². The first kappa shape index (κ1) is 24.9. The zero-order valence-corrected chi connectivity index (χ0v) is 21.5. The van der Waals surface area contributed by atoms with E-state index in [9.17, 15) is 14.4 Å². The molecule has 9 heteroatoms. The van der Waals surface area contributed by atoms with Crippen LogP contribution in [0, 0.1) is 0 Å². The lowest BCUT2D eigenvalue weighted by molar-refractivity contribution is -0.124. The standard InChI is InChI=1S/C28H25ClN4O3S/c29-20-10-12-21(13-11-20)30-25(34)17-24-27(36)33(23-5-2-1-3-6-23)28(37)32(24)18-19-8-14-22(15-9-19)31-16-4-7-26(31)35/h1-3,5-6,8-15,24H,4,7,16-18H2,(H,30,34)/t24-/m1/s1. The van der Waals surface area contributed by atoms with Crippen LogP contribution in [-0.4, -0.2) is 40.3 Å². The molecular formula is C28H25ClN4O3S. The normalized spacial score (nSPS) is 17.6. The molecule has 0 aliphatic carbocycles. The van der Waals surface area contributed by atoms with Gasteiger partial charge in [0.05, 0.1) is 12.1 Å². The van der Waals surface area contributed by atoms with Crippen LogP contribution in [0.5, 0.6) is 0 Å². The van der Waals surface area contributed by atoms with Gasteiger partial charge in [0.2, 0.25) is 11.8 Å². The van der Waals surface area contributed by atoms with Crippen molar-refractivity contribution in [2.24, 2.45) is 0 Å². The maximum atomic E-state index is 13.6. The number of carbonyl (C=O) groups is 3. The van der Waals surface area contributed by atoms with Crippen LogP contribution in [0.4, 0.5) is 17.1 Å². The second-order valence-corrected chi connectivity index (χ2v) is 9.81. The van der Waals surface area contributed by atoms with Crippen molar-refractivity contribution in [3.05, 3.63) is 89.4 Å². The van der Waals surface area contributed by atoms with E-state index in [0.29, 0.717) is 34.5 Å². The summed E-state index contributed by atoms with van der Waals surface area (Å²) in [5.41, 5.74) is 3.03. The van der Waals surface area contributed by atoms with Gasteiger partial charge in [0.25, 0.3) is 5.91 Å². The molecule has 0 radical (unpaired) electrons. The molecule has 37 heavy (non-hydrogen) atoms. The number of hydrogen-bond donors (Lipinski definition) is 1. The largest absolute Gasteiger partial charge is 0.332 e. The number of para-hydroxylation sites is 1. The van der Waals surface area contributed by atoms with E-state index < -0.39 is 6.04 Å². The molecule has 3 aromatic carbocycles. The highest BCUT2D eigenvalue weighted by Crippen LogP contribution is 2.30. The predicted octanol–water partition coefficient (Wildman–Crippen LogP) is 5.00. The number of benzene rings is 3. The average Bonchev–Trinajstić information content (AvgIpc) is 3.42. The molecule has 7 nitrogen and oxygen atoms in total. The van der Waals surface area contributed by atoms with Crippen molar-refractivity contribution in [1.29, 1.82) is 0 Å². The molecule has 2 aliphatic heterocycles. The number of nitrogens with zero attached hydrogens (tertiary/aromatic N) is 3. The van der Waals surface area contributed by atoms with Crippen LogP contribution in [0.1, 0.15) is 24.8 Å². The lowest BCUT2D eigenvalue weighted by atomic mass is 10.1. The van der Waals surface area contributed by atoms with Crippen molar-refractivity contribution in [3.63, 3.8) is 0 Å². The number of rotatable bonds is 7. The van der Waals surface area contributed by atoms with E-state index in [2.05, 4.69) is 5.32 Å². The minimum absolute atomic E-state index is 0.0642. The first-order valence-corrected chi connectivity index (χ1v) is 12.8. The monoisotopic (exact) mass is 532 g/mol. The van der Waals surface area contributed by atoms with Crippen molar-refractivity contribution < 1.29 is 14.4 Å². The van der Waals surface area contributed by atoms with Crippen molar-refractivity contribution in [3.8, 4) is 0 Å².